The molecule has 2 aliphatic heterocycles. The number of rotatable bonds is 5. The molecule has 0 saturated carbocycles. The van der Waals surface area contributed by atoms with Crippen LogP contribution < -0.4 is 19.7 Å². The average molecular weight is 515 g/mol. The monoisotopic (exact) mass is 514 g/mol. The summed E-state index contributed by atoms with van der Waals surface area (Å²) in [6.45, 7) is 0.720. The van der Waals surface area contributed by atoms with Gasteiger partial charge >= 0.3 is 0 Å². The van der Waals surface area contributed by atoms with Crippen LogP contribution >= 0.6 is 0 Å². The van der Waals surface area contributed by atoms with Gasteiger partial charge in [-0.2, -0.15) is 0 Å². The Morgan fingerprint density at radius 2 is 1.68 bits per heavy atom. The maximum atomic E-state index is 13.7. The number of hydrogen-bond acceptors (Lipinski definition) is 6. The molecule has 1 saturated heterocycles. The van der Waals surface area contributed by atoms with Gasteiger partial charge in [-0.25, -0.2) is 0 Å². The zero-order chi connectivity index (χ0) is 27.0. The van der Waals surface area contributed by atoms with Gasteiger partial charge in [-0.1, -0.05) is 6.07 Å². The van der Waals surface area contributed by atoms with E-state index in [1.54, 1.807) is 54.4 Å². The lowest BCUT2D eigenvalue weighted by Gasteiger charge is -2.39. The van der Waals surface area contributed by atoms with Crippen molar-refractivity contribution in [1.82, 2.24) is 9.80 Å². The number of amides is 3. The third kappa shape index (κ3) is 4.51. The van der Waals surface area contributed by atoms with Crippen LogP contribution in [0.3, 0.4) is 0 Å². The maximum absolute atomic E-state index is 13.7. The predicted octanol–water partition coefficient (Wildman–Crippen LogP) is 3.36. The Labute approximate surface area is 221 Å². The van der Waals surface area contributed by atoms with Gasteiger partial charge in [-0.15, -0.1) is 0 Å². The number of carbonyl (C=O) groups excluding carboxylic acids is 3. The molecule has 0 spiro atoms. The molecule has 3 aromatic carbocycles. The summed E-state index contributed by atoms with van der Waals surface area (Å²) in [5.74, 6) is 0.545. The molecule has 3 aromatic rings. The molecule has 1 atom stereocenters. The Morgan fingerprint density at radius 1 is 0.921 bits per heavy atom. The Kier molecular flexibility index (Phi) is 6.67. The summed E-state index contributed by atoms with van der Waals surface area (Å²) < 4.78 is 10.8. The number of piperazine rings is 1. The van der Waals surface area contributed by atoms with Gasteiger partial charge in [-0.05, 0) is 54.1 Å². The van der Waals surface area contributed by atoms with E-state index >= 15 is 0 Å². The van der Waals surface area contributed by atoms with Crippen LogP contribution in [0.25, 0.3) is 11.1 Å². The van der Waals surface area contributed by atoms with Crippen LogP contribution in [0.15, 0.2) is 60.7 Å². The minimum atomic E-state index is -0.785. The third-order valence-electron chi connectivity index (χ3n) is 7.09. The molecular weight excluding hydrogens is 484 g/mol. The van der Waals surface area contributed by atoms with Gasteiger partial charge in [-0.3, -0.25) is 14.4 Å². The molecule has 0 radical (unpaired) electrons. The van der Waals surface area contributed by atoms with Crippen molar-refractivity contribution < 1.29 is 23.9 Å². The fourth-order valence-corrected chi connectivity index (χ4v) is 4.93. The molecular formula is C29H30N4O5. The summed E-state index contributed by atoms with van der Waals surface area (Å²) in [4.78, 5) is 45.3. The number of nitrogens with zero attached hydrogens (tertiary/aromatic N) is 3. The van der Waals surface area contributed by atoms with Crippen LogP contribution in [-0.2, 0) is 4.79 Å². The van der Waals surface area contributed by atoms with Gasteiger partial charge in [0.05, 0.1) is 32.0 Å². The first-order chi connectivity index (χ1) is 18.3. The molecule has 9 nitrogen and oxygen atoms in total. The van der Waals surface area contributed by atoms with E-state index in [1.165, 1.54) is 0 Å². The SMILES string of the molecule is COc1ccc(-c2ccc3c(c2)C(=O)N2CCN(C(=O)c4ccc(N(C)C)cc4)CC2C(=O)N3)c(OC)c1. The van der Waals surface area contributed by atoms with Crippen molar-refractivity contribution in [2.75, 3.05) is 58.2 Å². The Hall–Kier alpha value is -4.53. The second kappa shape index (κ2) is 10.1. The average Bonchev–Trinajstić information content (AvgIpc) is 3.05. The van der Waals surface area contributed by atoms with Crippen molar-refractivity contribution in [2.45, 2.75) is 6.04 Å². The molecule has 2 aliphatic rings. The molecule has 0 aliphatic carbocycles. The Morgan fingerprint density at radius 3 is 2.37 bits per heavy atom. The van der Waals surface area contributed by atoms with E-state index in [-0.39, 0.29) is 30.8 Å². The standard InChI is InChI=1S/C29H30N4O5/c1-31(2)20-8-5-18(6-9-20)28(35)32-13-14-33-25(17-32)27(34)30-24-12-7-19(15-23(24)29(33)36)22-11-10-21(37-3)16-26(22)38-4/h5-12,15-16,25H,13-14,17H2,1-4H3,(H,30,34). The van der Waals surface area contributed by atoms with Crippen LogP contribution in [-0.4, -0.2) is 81.5 Å². The maximum Gasteiger partial charge on any atom is 0.256 e. The lowest BCUT2D eigenvalue weighted by molar-refractivity contribution is -0.121. The molecule has 0 bridgehead atoms. The van der Waals surface area contributed by atoms with Gasteiger partial charge in [0.25, 0.3) is 11.8 Å². The van der Waals surface area contributed by atoms with E-state index in [0.717, 1.165) is 16.8 Å². The highest BCUT2D eigenvalue weighted by Gasteiger charge is 2.40. The minimum Gasteiger partial charge on any atom is -0.497 e. The van der Waals surface area contributed by atoms with Crippen molar-refractivity contribution in [3.63, 3.8) is 0 Å². The van der Waals surface area contributed by atoms with E-state index < -0.39 is 6.04 Å². The zero-order valence-electron chi connectivity index (χ0n) is 21.9. The van der Waals surface area contributed by atoms with Gasteiger partial charge in [0.1, 0.15) is 17.5 Å². The van der Waals surface area contributed by atoms with Crippen LogP contribution in [0, 0.1) is 0 Å². The number of hydrogen-bond donors (Lipinski definition) is 1. The summed E-state index contributed by atoms with van der Waals surface area (Å²) in [6.07, 6.45) is 0. The van der Waals surface area contributed by atoms with Gasteiger partial charge in [0.2, 0.25) is 5.91 Å². The van der Waals surface area contributed by atoms with Crippen molar-refractivity contribution in [2.24, 2.45) is 0 Å². The van der Waals surface area contributed by atoms with E-state index in [0.29, 0.717) is 34.9 Å². The van der Waals surface area contributed by atoms with Gasteiger partial charge in [0, 0.05) is 50.1 Å². The number of nitrogens with one attached hydrogen (secondary N) is 1. The highest BCUT2D eigenvalue weighted by molar-refractivity contribution is 6.11. The van der Waals surface area contributed by atoms with Crippen LogP contribution in [0.2, 0.25) is 0 Å². The normalized spacial score (nSPS) is 16.7. The van der Waals surface area contributed by atoms with Crippen molar-refractivity contribution >= 4 is 29.1 Å². The summed E-state index contributed by atoms with van der Waals surface area (Å²) in [7, 11) is 7.04. The van der Waals surface area contributed by atoms with Crippen molar-refractivity contribution in [3.05, 3.63) is 71.8 Å². The Bertz CT molecular complexity index is 1400. The van der Waals surface area contributed by atoms with Crippen molar-refractivity contribution in [3.8, 4) is 22.6 Å². The molecule has 196 valence electrons. The molecule has 9 heteroatoms. The van der Waals surface area contributed by atoms with E-state index in [9.17, 15) is 14.4 Å². The lowest BCUT2D eigenvalue weighted by atomic mass is 10.00. The number of anilines is 2. The first-order valence-electron chi connectivity index (χ1n) is 12.4. The van der Waals surface area contributed by atoms with Crippen LogP contribution in [0.4, 0.5) is 11.4 Å². The quantitative estimate of drug-likeness (QED) is 0.562. The smallest absolute Gasteiger partial charge is 0.256 e. The number of benzene rings is 3. The van der Waals surface area contributed by atoms with E-state index in [4.69, 9.17) is 9.47 Å². The second-order valence-corrected chi connectivity index (χ2v) is 9.52. The fraction of sp³-hybridized carbons (Fsp3) is 0.276. The van der Waals surface area contributed by atoms with Gasteiger partial charge < -0.3 is 29.5 Å². The predicted molar refractivity (Wildman–Crippen MR) is 145 cm³/mol. The van der Waals surface area contributed by atoms with E-state index in [1.807, 2.05) is 49.3 Å². The minimum absolute atomic E-state index is 0.124. The largest absolute Gasteiger partial charge is 0.497 e. The first kappa shape index (κ1) is 25.1. The number of fused-ring (bicyclic) bond motifs is 2. The molecule has 5 rings (SSSR count). The van der Waals surface area contributed by atoms with E-state index in [2.05, 4.69) is 5.32 Å². The number of methoxy groups -OCH3 is 2. The summed E-state index contributed by atoms with van der Waals surface area (Å²) in [6, 6.07) is 17.4. The van der Waals surface area contributed by atoms with Gasteiger partial charge in [0.15, 0.2) is 0 Å². The zero-order valence-corrected chi connectivity index (χ0v) is 21.9. The van der Waals surface area contributed by atoms with Crippen molar-refractivity contribution in [1.29, 1.82) is 0 Å². The number of carbonyl (C=O) groups is 3. The topological polar surface area (TPSA) is 91.4 Å². The molecule has 1 unspecified atom stereocenters. The van der Waals surface area contributed by atoms with Crippen LogP contribution in [0.5, 0.6) is 11.5 Å². The molecule has 0 aromatic heterocycles. The van der Waals surface area contributed by atoms with Crippen LogP contribution in [0.1, 0.15) is 20.7 Å². The first-order valence-corrected chi connectivity index (χ1v) is 12.4. The Balaban J connectivity index is 1.40. The third-order valence-corrected chi connectivity index (χ3v) is 7.09. The summed E-state index contributed by atoms with van der Waals surface area (Å²) in [5.41, 5.74) is 3.96. The molecule has 1 fully saturated rings. The fourth-order valence-electron chi connectivity index (χ4n) is 4.93. The molecule has 3 amide bonds. The molecule has 2 heterocycles. The molecule has 38 heavy (non-hydrogen) atoms. The lowest BCUT2D eigenvalue weighted by Crippen LogP contribution is -2.59. The summed E-state index contributed by atoms with van der Waals surface area (Å²) >= 11 is 0. The molecule has 1 N–H and O–H groups in total. The number of ether oxygens (including phenoxy) is 2. The highest BCUT2D eigenvalue weighted by atomic mass is 16.5. The summed E-state index contributed by atoms with van der Waals surface area (Å²) in [5, 5.41) is 2.90. The second-order valence-electron chi connectivity index (χ2n) is 9.52. The highest BCUT2D eigenvalue weighted by Crippen LogP contribution is 2.36.